The standard InChI is InChI=1S/C19H29N3O4/c23-18(20-7-8-22-9-12-25-13-10-22)15-3-5-16(6-4-15)19(24)21-14-17-2-1-11-26-17/h1-2,11,15-16H,3-10,12-14H2,(H,20,23)(H,21,24). The number of nitrogens with one attached hydrogen (secondary N) is 2. The molecule has 7 nitrogen and oxygen atoms in total. The number of morpholine rings is 1. The monoisotopic (exact) mass is 363 g/mol. The Hall–Kier alpha value is -1.86. The van der Waals surface area contributed by atoms with Gasteiger partial charge in [-0.25, -0.2) is 0 Å². The van der Waals surface area contributed by atoms with Crippen molar-refractivity contribution in [1.29, 1.82) is 0 Å². The Kier molecular flexibility index (Phi) is 7.08. The Morgan fingerprint density at radius 3 is 2.31 bits per heavy atom. The van der Waals surface area contributed by atoms with E-state index in [0.29, 0.717) is 13.1 Å². The SMILES string of the molecule is O=C(NCCN1CCOCC1)C1CCC(C(=O)NCc2ccco2)CC1. The minimum absolute atomic E-state index is 0.00219. The number of furan rings is 1. The van der Waals surface area contributed by atoms with E-state index in [1.54, 1.807) is 6.26 Å². The molecule has 2 N–H and O–H groups in total. The maximum absolute atomic E-state index is 12.3. The zero-order valence-electron chi connectivity index (χ0n) is 15.2. The van der Waals surface area contributed by atoms with Gasteiger partial charge in [-0.05, 0) is 37.8 Å². The number of carbonyl (C=O) groups is 2. The van der Waals surface area contributed by atoms with Gasteiger partial charge in [-0.3, -0.25) is 14.5 Å². The van der Waals surface area contributed by atoms with Gasteiger partial charge in [-0.15, -0.1) is 0 Å². The first-order chi connectivity index (χ1) is 12.7. The van der Waals surface area contributed by atoms with E-state index in [-0.39, 0.29) is 23.7 Å². The quantitative estimate of drug-likeness (QED) is 0.759. The largest absolute Gasteiger partial charge is 0.467 e. The van der Waals surface area contributed by atoms with Gasteiger partial charge in [0, 0.05) is 38.0 Å². The van der Waals surface area contributed by atoms with E-state index >= 15 is 0 Å². The molecule has 0 unspecified atom stereocenters. The van der Waals surface area contributed by atoms with Crippen molar-refractivity contribution in [2.75, 3.05) is 39.4 Å². The number of amides is 2. The summed E-state index contributed by atoms with van der Waals surface area (Å²) >= 11 is 0. The summed E-state index contributed by atoms with van der Waals surface area (Å²) in [5.74, 6) is 0.989. The maximum Gasteiger partial charge on any atom is 0.223 e. The van der Waals surface area contributed by atoms with Crippen LogP contribution < -0.4 is 10.6 Å². The summed E-state index contributed by atoms with van der Waals surface area (Å²) < 4.78 is 10.5. The molecule has 7 heteroatoms. The van der Waals surface area contributed by atoms with Gasteiger partial charge < -0.3 is 19.8 Å². The fourth-order valence-corrected chi connectivity index (χ4v) is 3.66. The van der Waals surface area contributed by atoms with Crippen molar-refractivity contribution < 1.29 is 18.7 Å². The smallest absolute Gasteiger partial charge is 0.223 e. The number of carbonyl (C=O) groups excluding carboxylic acids is 2. The molecule has 0 atom stereocenters. The molecule has 2 fully saturated rings. The number of rotatable bonds is 7. The van der Waals surface area contributed by atoms with Crippen LogP contribution in [0.3, 0.4) is 0 Å². The summed E-state index contributed by atoms with van der Waals surface area (Å²) in [6.07, 6.45) is 4.70. The van der Waals surface area contributed by atoms with Crippen LogP contribution in [0.2, 0.25) is 0 Å². The van der Waals surface area contributed by atoms with Gasteiger partial charge in [-0.2, -0.15) is 0 Å². The van der Waals surface area contributed by atoms with Crippen LogP contribution in [0.1, 0.15) is 31.4 Å². The van der Waals surface area contributed by atoms with Crippen LogP contribution in [0.5, 0.6) is 0 Å². The fourth-order valence-electron chi connectivity index (χ4n) is 3.66. The summed E-state index contributed by atoms with van der Waals surface area (Å²) in [5.41, 5.74) is 0. The summed E-state index contributed by atoms with van der Waals surface area (Å²) in [6.45, 7) is 5.41. The van der Waals surface area contributed by atoms with Crippen molar-refractivity contribution in [3.8, 4) is 0 Å². The first-order valence-corrected chi connectivity index (χ1v) is 9.60. The average Bonchev–Trinajstić information content (AvgIpc) is 3.20. The van der Waals surface area contributed by atoms with E-state index in [2.05, 4.69) is 15.5 Å². The van der Waals surface area contributed by atoms with Gasteiger partial charge in [0.15, 0.2) is 0 Å². The third-order valence-corrected chi connectivity index (χ3v) is 5.32. The van der Waals surface area contributed by atoms with Crippen molar-refractivity contribution in [3.05, 3.63) is 24.2 Å². The molecule has 2 heterocycles. The van der Waals surface area contributed by atoms with E-state index in [1.807, 2.05) is 12.1 Å². The van der Waals surface area contributed by atoms with Crippen molar-refractivity contribution in [1.82, 2.24) is 15.5 Å². The lowest BCUT2D eigenvalue weighted by Gasteiger charge is -2.28. The molecule has 2 amide bonds. The van der Waals surface area contributed by atoms with Crippen LogP contribution in [0.25, 0.3) is 0 Å². The van der Waals surface area contributed by atoms with E-state index in [4.69, 9.17) is 9.15 Å². The first-order valence-electron chi connectivity index (χ1n) is 9.60. The maximum atomic E-state index is 12.3. The summed E-state index contributed by atoms with van der Waals surface area (Å²) in [6, 6.07) is 3.66. The summed E-state index contributed by atoms with van der Waals surface area (Å²) in [5, 5.41) is 5.97. The van der Waals surface area contributed by atoms with Gasteiger partial charge in [0.05, 0.1) is 26.0 Å². The molecule has 2 aliphatic rings. The second-order valence-corrected chi connectivity index (χ2v) is 7.09. The van der Waals surface area contributed by atoms with Crippen LogP contribution >= 0.6 is 0 Å². The van der Waals surface area contributed by atoms with Crippen molar-refractivity contribution >= 4 is 11.8 Å². The third kappa shape index (κ3) is 5.57. The topological polar surface area (TPSA) is 83.8 Å². The molecule has 0 aromatic carbocycles. The minimum Gasteiger partial charge on any atom is -0.467 e. The highest BCUT2D eigenvalue weighted by molar-refractivity contribution is 5.81. The predicted molar refractivity (Wildman–Crippen MR) is 96.3 cm³/mol. The molecule has 1 aromatic rings. The lowest BCUT2D eigenvalue weighted by molar-refractivity contribution is -0.130. The van der Waals surface area contributed by atoms with Crippen molar-refractivity contribution in [2.24, 2.45) is 11.8 Å². The molecular weight excluding hydrogens is 334 g/mol. The Bertz CT molecular complexity index is 561. The molecule has 26 heavy (non-hydrogen) atoms. The van der Waals surface area contributed by atoms with E-state index in [1.165, 1.54) is 0 Å². The fraction of sp³-hybridized carbons (Fsp3) is 0.684. The van der Waals surface area contributed by atoms with Crippen LogP contribution in [-0.4, -0.2) is 56.1 Å². The van der Waals surface area contributed by atoms with Crippen LogP contribution in [0.4, 0.5) is 0 Å². The molecule has 1 saturated heterocycles. The van der Waals surface area contributed by atoms with E-state index in [0.717, 1.165) is 64.3 Å². The average molecular weight is 363 g/mol. The Balaban J connectivity index is 1.30. The van der Waals surface area contributed by atoms with Gasteiger partial charge in [0.2, 0.25) is 11.8 Å². The molecule has 0 radical (unpaired) electrons. The Labute approximate surface area is 154 Å². The first kappa shape index (κ1) is 18.9. The molecule has 3 rings (SSSR count). The lowest BCUT2D eigenvalue weighted by Crippen LogP contribution is -2.43. The van der Waals surface area contributed by atoms with E-state index in [9.17, 15) is 9.59 Å². The zero-order chi connectivity index (χ0) is 18.2. The molecule has 1 aliphatic carbocycles. The molecule has 1 aromatic heterocycles. The number of ether oxygens (including phenoxy) is 1. The van der Waals surface area contributed by atoms with Crippen LogP contribution in [0.15, 0.2) is 22.8 Å². The number of hydrogen-bond acceptors (Lipinski definition) is 5. The summed E-state index contributed by atoms with van der Waals surface area (Å²) in [4.78, 5) is 26.9. The zero-order valence-corrected chi connectivity index (χ0v) is 15.2. The molecule has 1 saturated carbocycles. The number of hydrogen-bond donors (Lipinski definition) is 2. The van der Waals surface area contributed by atoms with E-state index < -0.39 is 0 Å². The molecular formula is C19H29N3O4. The second-order valence-electron chi connectivity index (χ2n) is 7.09. The van der Waals surface area contributed by atoms with Gasteiger partial charge in [0.25, 0.3) is 0 Å². The third-order valence-electron chi connectivity index (χ3n) is 5.32. The summed E-state index contributed by atoms with van der Waals surface area (Å²) in [7, 11) is 0. The normalized spacial score (nSPS) is 24.2. The molecule has 144 valence electrons. The van der Waals surface area contributed by atoms with Gasteiger partial charge in [-0.1, -0.05) is 0 Å². The van der Waals surface area contributed by atoms with Crippen LogP contribution in [-0.2, 0) is 20.9 Å². The highest BCUT2D eigenvalue weighted by Gasteiger charge is 2.29. The second kappa shape index (κ2) is 9.73. The lowest BCUT2D eigenvalue weighted by atomic mass is 9.81. The Morgan fingerprint density at radius 1 is 1.04 bits per heavy atom. The van der Waals surface area contributed by atoms with Crippen LogP contribution in [0, 0.1) is 11.8 Å². The Morgan fingerprint density at radius 2 is 1.69 bits per heavy atom. The van der Waals surface area contributed by atoms with Crippen molar-refractivity contribution in [3.63, 3.8) is 0 Å². The molecule has 0 spiro atoms. The van der Waals surface area contributed by atoms with Crippen molar-refractivity contribution in [2.45, 2.75) is 32.2 Å². The highest BCUT2D eigenvalue weighted by Crippen LogP contribution is 2.29. The number of nitrogens with zero attached hydrogens (tertiary/aromatic N) is 1. The predicted octanol–water partition coefficient (Wildman–Crippen LogP) is 1.15. The molecule has 1 aliphatic heterocycles. The minimum atomic E-state index is 0.00219. The highest BCUT2D eigenvalue weighted by atomic mass is 16.5. The van der Waals surface area contributed by atoms with Gasteiger partial charge >= 0.3 is 0 Å². The van der Waals surface area contributed by atoms with Gasteiger partial charge in [0.1, 0.15) is 5.76 Å². The molecule has 0 bridgehead atoms.